The lowest BCUT2D eigenvalue weighted by molar-refractivity contribution is -0.135. The maximum atomic E-state index is 11.9. The zero-order valence-electron chi connectivity index (χ0n) is 10.0. The maximum absolute atomic E-state index is 11.9. The molecule has 0 aromatic heterocycles. The van der Waals surface area contributed by atoms with E-state index < -0.39 is 12.6 Å². The van der Waals surface area contributed by atoms with Gasteiger partial charge in [0.2, 0.25) is 0 Å². The first-order valence-corrected chi connectivity index (χ1v) is 6.29. The van der Waals surface area contributed by atoms with Crippen molar-refractivity contribution < 1.29 is 13.2 Å². The Morgan fingerprint density at radius 2 is 1.81 bits per heavy atom. The zero-order valence-corrected chi connectivity index (χ0v) is 10.8. The summed E-state index contributed by atoms with van der Waals surface area (Å²) in [5, 5.41) is 0. The third-order valence-electron chi connectivity index (χ3n) is 1.97. The molecule has 0 heterocycles. The van der Waals surface area contributed by atoms with E-state index in [1.54, 1.807) is 11.8 Å². The van der Waals surface area contributed by atoms with Crippen LogP contribution in [0.1, 0.15) is 40.0 Å². The molecule has 1 atom stereocenters. The molecule has 0 aliphatic heterocycles. The molecule has 0 aromatic carbocycles. The molecule has 3 N–H and O–H groups in total. The summed E-state index contributed by atoms with van der Waals surface area (Å²) in [5.41, 5.74) is 2.57. The van der Waals surface area contributed by atoms with E-state index in [1.807, 2.05) is 0 Å². The minimum absolute atomic E-state index is 0.0495. The van der Waals surface area contributed by atoms with Crippen LogP contribution in [0.5, 0.6) is 0 Å². The minimum atomic E-state index is -4.06. The molecule has 0 amide bonds. The molecule has 0 fully saturated rings. The lowest BCUT2D eigenvalue weighted by Gasteiger charge is -2.22. The van der Waals surface area contributed by atoms with Crippen molar-refractivity contribution in [1.82, 2.24) is 5.43 Å². The van der Waals surface area contributed by atoms with Crippen LogP contribution in [0.15, 0.2) is 0 Å². The van der Waals surface area contributed by atoms with Crippen molar-refractivity contribution in [3.05, 3.63) is 0 Å². The molecule has 0 rings (SSSR count). The predicted octanol–water partition coefficient (Wildman–Crippen LogP) is 3.08. The van der Waals surface area contributed by atoms with Gasteiger partial charge >= 0.3 is 6.18 Å². The van der Waals surface area contributed by atoms with E-state index in [0.29, 0.717) is 6.42 Å². The molecule has 0 aromatic rings. The Morgan fingerprint density at radius 1 is 1.25 bits per heavy atom. The highest BCUT2D eigenvalue weighted by Gasteiger charge is 2.26. The SMILES string of the molecule is CC(C)(C)SCC(CCCC(F)(F)F)NN. The molecular formula is C10H21F3N2S. The smallest absolute Gasteiger partial charge is 0.271 e. The van der Waals surface area contributed by atoms with Gasteiger partial charge in [-0.1, -0.05) is 20.8 Å². The van der Waals surface area contributed by atoms with Crippen LogP contribution in [0, 0.1) is 0 Å². The van der Waals surface area contributed by atoms with Crippen molar-refractivity contribution >= 4 is 11.8 Å². The maximum Gasteiger partial charge on any atom is 0.389 e. The molecule has 1 unspecified atom stereocenters. The molecule has 0 aliphatic rings. The van der Waals surface area contributed by atoms with Crippen LogP contribution in [0.4, 0.5) is 13.2 Å². The number of hydrogen-bond donors (Lipinski definition) is 2. The third-order valence-corrected chi connectivity index (χ3v) is 3.40. The molecule has 6 heteroatoms. The van der Waals surface area contributed by atoms with E-state index in [0.717, 1.165) is 5.75 Å². The molecule has 0 bridgehead atoms. The molecule has 0 saturated heterocycles. The number of rotatable bonds is 6. The standard InChI is InChI=1S/C10H21F3N2S/c1-9(2,3)16-7-8(15-14)5-4-6-10(11,12)13/h8,15H,4-7,14H2,1-3H3. The number of thioether (sulfide) groups is 1. The Morgan fingerprint density at radius 3 is 2.19 bits per heavy atom. The fraction of sp³-hybridized carbons (Fsp3) is 1.00. The number of nitrogens with two attached hydrogens (primary N) is 1. The van der Waals surface area contributed by atoms with Gasteiger partial charge in [0.25, 0.3) is 0 Å². The number of hydrazine groups is 1. The van der Waals surface area contributed by atoms with Crippen LogP contribution in [0.25, 0.3) is 0 Å². The summed E-state index contributed by atoms with van der Waals surface area (Å²) in [6.07, 6.45) is -4.20. The average Bonchev–Trinajstić information content (AvgIpc) is 2.07. The first-order chi connectivity index (χ1) is 7.14. The van der Waals surface area contributed by atoms with Crippen LogP contribution in [-0.4, -0.2) is 22.7 Å². The van der Waals surface area contributed by atoms with Gasteiger partial charge < -0.3 is 0 Å². The van der Waals surface area contributed by atoms with E-state index in [4.69, 9.17) is 5.84 Å². The van der Waals surface area contributed by atoms with Gasteiger partial charge in [0.1, 0.15) is 0 Å². The number of halogens is 3. The van der Waals surface area contributed by atoms with Crippen molar-refractivity contribution in [3.63, 3.8) is 0 Å². The van der Waals surface area contributed by atoms with E-state index in [9.17, 15) is 13.2 Å². The normalized spacial score (nSPS) is 15.2. The van der Waals surface area contributed by atoms with Gasteiger partial charge in [-0.3, -0.25) is 11.3 Å². The minimum Gasteiger partial charge on any atom is -0.271 e. The molecule has 0 aliphatic carbocycles. The fourth-order valence-electron chi connectivity index (χ4n) is 1.11. The lowest BCUT2D eigenvalue weighted by atomic mass is 10.1. The summed E-state index contributed by atoms with van der Waals surface area (Å²) in [6, 6.07) is -0.0495. The van der Waals surface area contributed by atoms with Gasteiger partial charge in [0.15, 0.2) is 0 Å². The predicted molar refractivity (Wildman–Crippen MR) is 63.2 cm³/mol. The molecule has 98 valence electrons. The molecular weight excluding hydrogens is 237 g/mol. The zero-order chi connectivity index (χ0) is 12.8. The van der Waals surface area contributed by atoms with Gasteiger partial charge in [-0.25, -0.2) is 0 Å². The Balaban J connectivity index is 3.76. The van der Waals surface area contributed by atoms with Crippen LogP contribution in [0.2, 0.25) is 0 Å². The van der Waals surface area contributed by atoms with Crippen molar-refractivity contribution in [3.8, 4) is 0 Å². The van der Waals surface area contributed by atoms with E-state index in [1.165, 1.54) is 0 Å². The van der Waals surface area contributed by atoms with Crippen LogP contribution in [0.3, 0.4) is 0 Å². The monoisotopic (exact) mass is 258 g/mol. The van der Waals surface area contributed by atoms with Crippen molar-refractivity contribution in [1.29, 1.82) is 0 Å². The Hall–Kier alpha value is 0.0600. The van der Waals surface area contributed by atoms with Gasteiger partial charge in [0, 0.05) is 23.0 Å². The van der Waals surface area contributed by atoms with E-state index in [-0.39, 0.29) is 17.2 Å². The van der Waals surface area contributed by atoms with Gasteiger partial charge in [-0.15, -0.1) is 0 Å². The van der Waals surface area contributed by atoms with E-state index in [2.05, 4.69) is 26.2 Å². The summed E-state index contributed by atoms with van der Waals surface area (Å²) < 4.78 is 35.9. The van der Waals surface area contributed by atoms with Crippen molar-refractivity contribution in [2.45, 2.75) is 57.0 Å². The third kappa shape index (κ3) is 10.6. The second-order valence-electron chi connectivity index (χ2n) is 4.79. The summed E-state index contributed by atoms with van der Waals surface area (Å²) in [5.74, 6) is 6.04. The van der Waals surface area contributed by atoms with Crippen molar-refractivity contribution in [2.24, 2.45) is 5.84 Å². The Bertz CT molecular complexity index is 189. The first-order valence-electron chi connectivity index (χ1n) is 5.31. The molecule has 2 nitrogen and oxygen atoms in total. The second kappa shape index (κ2) is 6.71. The van der Waals surface area contributed by atoms with Crippen LogP contribution < -0.4 is 11.3 Å². The summed E-state index contributed by atoms with van der Waals surface area (Å²) in [6.45, 7) is 6.21. The summed E-state index contributed by atoms with van der Waals surface area (Å²) in [7, 11) is 0. The first kappa shape index (κ1) is 16.1. The van der Waals surface area contributed by atoms with Crippen molar-refractivity contribution in [2.75, 3.05) is 5.75 Å². The topological polar surface area (TPSA) is 38.0 Å². The van der Waals surface area contributed by atoms with Gasteiger partial charge in [0.05, 0.1) is 0 Å². The summed E-state index contributed by atoms with van der Waals surface area (Å²) >= 11 is 1.70. The highest BCUT2D eigenvalue weighted by Crippen LogP contribution is 2.26. The second-order valence-corrected chi connectivity index (χ2v) is 6.64. The summed E-state index contributed by atoms with van der Waals surface area (Å²) in [4.78, 5) is 0. The lowest BCUT2D eigenvalue weighted by Crippen LogP contribution is -2.38. The quantitative estimate of drug-likeness (QED) is 0.568. The largest absolute Gasteiger partial charge is 0.389 e. The molecule has 0 spiro atoms. The number of hydrogen-bond acceptors (Lipinski definition) is 3. The number of nitrogens with one attached hydrogen (secondary N) is 1. The van der Waals surface area contributed by atoms with Crippen LogP contribution in [-0.2, 0) is 0 Å². The Kier molecular flexibility index (Phi) is 6.74. The average molecular weight is 258 g/mol. The molecule has 0 saturated carbocycles. The van der Waals surface area contributed by atoms with Crippen LogP contribution >= 0.6 is 11.8 Å². The highest BCUT2D eigenvalue weighted by atomic mass is 32.2. The number of alkyl halides is 3. The van der Waals surface area contributed by atoms with Gasteiger partial charge in [-0.05, 0) is 12.8 Å². The van der Waals surface area contributed by atoms with E-state index >= 15 is 0 Å². The Labute approximate surface area is 99.5 Å². The fourth-order valence-corrected chi connectivity index (χ4v) is 2.08. The van der Waals surface area contributed by atoms with Gasteiger partial charge in [-0.2, -0.15) is 24.9 Å². The highest BCUT2D eigenvalue weighted by molar-refractivity contribution is 8.00. The molecule has 16 heavy (non-hydrogen) atoms. The molecule has 0 radical (unpaired) electrons.